The summed E-state index contributed by atoms with van der Waals surface area (Å²) < 4.78 is 0. The molecule has 104 valence electrons. The van der Waals surface area contributed by atoms with Crippen LogP contribution in [0.5, 0.6) is 0 Å². The highest BCUT2D eigenvalue weighted by Gasteiger charge is 2.34. The van der Waals surface area contributed by atoms with Crippen LogP contribution >= 0.6 is 11.3 Å². The van der Waals surface area contributed by atoms with Gasteiger partial charge in [-0.05, 0) is 37.1 Å². The van der Waals surface area contributed by atoms with Crippen LogP contribution in [0.2, 0.25) is 0 Å². The molecule has 0 radical (unpaired) electrons. The van der Waals surface area contributed by atoms with Gasteiger partial charge >= 0.3 is 0 Å². The average molecular weight is 286 g/mol. The summed E-state index contributed by atoms with van der Waals surface area (Å²) in [5, 5.41) is 0. The number of aryl methyl sites for hydroxylation is 1. The predicted octanol–water partition coefficient (Wildman–Crippen LogP) is 2.84. The molecule has 1 aromatic heterocycles. The predicted molar refractivity (Wildman–Crippen MR) is 81.9 cm³/mol. The fourth-order valence-corrected chi connectivity index (χ4v) is 3.42. The third-order valence-electron chi connectivity index (χ3n) is 3.67. The molecule has 2 atom stereocenters. The van der Waals surface area contributed by atoms with E-state index in [0.29, 0.717) is 10.9 Å². The maximum absolute atomic E-state index is 11.0. The van der Waals surface area contributed by atoms with Crippen molar-refractivity contribution in [3.63, 3.8) is 0 Å². The second-order valence-electron chi connectivity index (χ2n) is 5.16. The first kappa shape index (κ1) is 13.3. The molecule has 0 saturated carbocycles. The number of rotatable bonds is 6. The van der Waals surface area contributed by atoms with E-state index in [0.717, 1.165) is 19.4 Å². The molecular weight excluding hydrogens is 268 g/mol. The van der Waals surface area contributed by atoms with Gasteiger partial charge in [0.2, 0.25) is 0 Å². The largest absolute Gasteiger partial charge is 0.365 e. The summed E-state index contributed by atoms with van der Waals surface area (Å²) in [4.78, 5) is 15.4. The van der Waals surface area contributed by atoms with Crippen LogP contribution in [0.1, 0.15) is 32.6 Å². The van der Waals surface area contributed by atoms with Gasteiger partial charge in [-0.3, -0.25) is 9.69 Å². The van der Waals surface area contributed by atoms with Crippen LogP contribution in [0.3, 0.4) is 0 Å². The second kappa shape index (κ2) is 5.77. The number of thiophene rings is 1. The number of nitrogens with zero attached hydrogens (tertiary/aromatic N) is 1. The van der Waals surface area contributed by atoms with E-state index in [2.05, 4.69) is 35.2 Å². The van der Waals surface area contributed by atoms with Crippen molar-refractivity contribution in [3.8, 4) is 0 Å². The Morgan fingerprint density at radius 1 is 1.25 bits per heavy atom. The van der Waals surface area contributed by atoms with E-state index in [1.54, 1.807) is 0 Å². The molecule has 20 heavy (non-hydrogen) atoms. The zero-order valence-electron chi connectivity index (χ0n) is 11.3. The Morgan fingerprint density at radius 3 is 2.75 bits per heavy atom. The van der Waals surface area contributed by atoms with Crippen molar-refractivity contribution >= 4 is 17.2 Å². The molecule has 0 aliphatic carbocycles. The van der Waals surface area contributed by atoms with Gasteiger partial charge in [0.25, 0.3) is 5.91 Å². The maximum Gasteiger partial charge on any atom is 0.258 e. The smallest absolute Gasteiger partial charge is 0.258 e. The van der Waals surface area contributed by atoms with Crippen molar-refractivity contribution in [1.82, 2.24) is 4.90 Å². The van der Waals surface area contributed by atoms with Crippen LogP contribution in [0, 0.1) is 0 Å². The van der Waals surface area contributed by atoms with Crippen molar-refractivity contribution in [3.05, 3.63) is 57.8 Å². The molecule has 2 N–H and O–H groups in total. The van der Waals surface area contributed by atoms with Gasteiger partial charge in [-0.25, -0.2) is 0 Å². The summed E-state index contributed by atoms with van der Waals surface area (Å²) in [6, 6.07) is 15.1. The molecule has 3 rings (SSSR count). The van der Waals surface area contributed by atoms with E-state index >= 15 is 0 Å². The molecule has 1 aromatic carbocycles. The Bertz CT molecular complexity index is 594. The van der Waals surface area contributed by atoms with Gasteiger partial charge < -0.3 is 5.73 Å². The van der Waals surface area contributed by atoms with Gasteiger partial charge in [0.1, 0.15) is 0 Å². The van der Waals surface area contributed by atoms with Crippen molar-refractivity contribution in [2.24, 2.45) is 5.73 Å². The van der Waals surface area contributed by atoms with E-state index in [4.69, 9.17) is 5.73 Å². The summed E-state index contributed by atoms with van der Waals surface area (Å²) in [6.07, 6.45) is 2.15. The Morgan fingerprint density at radius 2 is 2.05 bits per heavy atom. The molecule has 1 aliphatic rings. The van der Waals surface area contributed by atoms with Crippen LogP contribution in [0.4, 0.5) is 0 Å². The maximum atomic E-state index is 11.0. The normalized spacial score (nSPS) is 20.8. The number of benzene rings is 1. The van der Waals surface area contributed by atoms with Crippen LogP contribution in [-0.2, 0) is 6.42 Å². The zero-order chi connectivity index (χ0) is 13.9. The van der Waals surface area contributed by atoms with Gasteiger partial charge in [0.15, 0.2) is 0 Å². The minimum Gasteiger partial charge on any atom is -0.365 e. The fourth-order valence-electron chi connectivity index (χ4n) is 2.51. The monoisotopic (exact) mass is 286 g/mol. The number of primary amides is 1. The highest BCUT2D eigenvalue weighted by atomic mass is 32.1. The van der Waals surface area contributed by atoms with E-state index in [9.17, 15) is 4.79 Å². The highest BCUT2D eigenvalue weighted by molar-refractivity contribution is 7.14. The third kappa shape index (κ3) is 3.08. The molecule has 1 aliphatic heterocycles. The number of hydrogen-bond acceptors (Lipinski definition) is 3. The summed E-state index contributed by atoms with van der Waals surface area (Å²) in [5.41, 5.74) is 6.68. The van der Waals surface area contributed by atoms with Crippen molar-refractivity contribution < 1.29 is 4.79 Å². The van der Waals surface area contributed by atoms with E-state index < -0.39 is 0 Å². The molecule has 1 amide bonds. The molecule has 1 saturated heterocycles. The number of carbonyl (C=O) groups is 1. The topological polar surface area (TPSA) is 46.1 Å². The van der Waals surface area contributed by atoms with Gasteiger partial charge in [-0.1, -0.05) is 30.3 Å². The molecule has 1 fully saturated rings. The summed E-state index contributed by atoms with van der Waals surface area (Å²) >= 11 is 1.52. The minimum atomic E-state index is -0.323. The molecule has 2 heterocycles. The summed E-state index contributed by atoms with van der Waals surface area (Å²) in [7, 11) is 0. The SMILES string of the molecule is NC(=O)c1ccc(CCCN2C[C@@H]2c2ccccc2)s1. The Labute approximate surface area is 123 Å². The van der Waals surface area contributed by atoms with Gasteiger partial charge in [-0.15, -0.1) is 11.3 Å². The lowest BCUT2D eigenvalue weighted by molar-refractivity contribution is 0.100. The summed E-state index contributed by atoms with van der Waals surface area (Å²) in [5.74, 6) is -0.323. The van der Waals surface area contributed by atoms with Crippen LogP contribution in [-0.4, -0.2) is 23.9 Å². The van der Waals surface area contributed by atoms with Crippen molar-refractivity contribution in [2.45, 2.75) is 18.9 Å². The van der Waals surface area contributed by atoms with Crippen molar-refractivity contribution in [2.75, 3.05) is 13.1 Å². The quantitative estimate of drug-likeness (QED) is 0.830. The fraction of sp³-hybridized carbons (Fsp3) is 0.312. The van der Waals surface area contributed by atoms with Crippen LogP contribution in [0.15, 0.2) is 42.5 Å². The number of hydrogen-bond donors (Lipinski definition) is 1. The second-order valence-corrected chi connectivity index (χ2v) is 6.32. The average Bonchev–Trinajstić information content (AvgIpc) is 3.07. The van der Waals surface area contributed by atoms with E-state index in [-0.39, 0.29) is 5.91 Å². The lowest BCUT2D eigenvalue weighted by atomic mass is 10.2. The standard InChI is InChI=1S/C16H18N2OS/c17-16(19)15-9-8-13(20-15)7-4-10-18-11-14(18)12-5-2-1-3-6-12/h1-3,5-6,8-9,14H,4,7,10-11H2,(H2,17,19)/t14-,18?/m1/s1. The molecule has 2 aromatic rings. The van der Waals surface area contributed by atoms with Gasteiger partial charge in [-0.2, -0.15) is 0 Å². The Hall–Kier alpha value is -1.65. The van der Waals surface area contributed by atoms with E-state index in [1.807, 2.05) is 12.1 Å². The van der Waals surface area contributed by atoms with Crippen LogP contribution < -0.4 is 5.73 Å². The van der Waals surface area contributed by atoms with Gasteiger partial charge in [0.05, 0.1) is 4.88 Å². The first-order valence-electron chi connectivity index (χ1n) is 6.91. The van der Waals surface area contributed by atoms with E-state index in [1.165, 1.54) is 28.3 Å². The molecule has 3 nitrogen and oxygen atoms in total. The number of amides is 1. The molecule has 4 heteroatoms. The highest BCUT2D eigenvalue weighted by Crippen LogP contribution is 2.34. The molecule has 0 spiro atoms. The zero-order valence-corrected chi connectivity index (χ0v) is 12.1. The van der Waals surface area contributed by atoms with Crippen LogP contribution in [0.25, 0.3) is 0 Å². The van der Waals surface area contributed by atoms with Gasteiger partial charge in [0, 0.05) is 17.5 Å². The first-order valence-corrected chi connectivity index (χ1v) is 7.73. The molecular formula is C16H18N2OS. The summed E-state index contributed by atoms with van der Waals surface area (Å²) in [6.45, 7) is 2.28. The Kier molecular flexibility index (Phi) is 3.85. The third-order valence-corrected chi connectivity index (χ3v) is 4.83. The lowest BCUT2D eigenvalue weighted by Gasteiger charge is -2.03. The number of carbonyl (C=O) groups excluding carboxylic acids is 1. The minimum absolute atomic E-state index is 0.323. The molecule has 0 bridgehead atoms. The Balaban J connectivity index is 1.44. The van der Waals surface area contributed by atoms with Crippen molar-refractivity contribution in [1.29, 1.82) is 0 Å². The molecule has 1 unspecified atom stereocenters. The number of nitrogens with two attached hydrogens (primary N) is 1. The first-order chi connectivity index (χ1) is 9.74. The lowest BCUT2D eigenvalue weighted by Crippen LogP contribution is -2.08.